The van der Waals surface area contributed by atoms with Gasteiger partial charge in [0.1, 0.15) is 0 Å². The Morgan fingerprint density at radius 1 is 1.12 bits per heavy atom. The summed E-state index contributed by atoms with van der Waals surface area (Å²) in [5.41, 5.74) is 2.26. The fourth-order valence-corrected chi connectivity index (χ4v) is 2.17. The standard InChI is InChI=1S/C11H13N5/c1-2-6-10(16-7-3-4-8-16)9(5-1)11-12-14-15-13-11/h1-2,5-6H,3-4,7-8H2,(H,12,13,14,15). The third-order valence-corrected chi connectivity index (χ3v) is 2.94. The summed E-state index contributed by atoms with van der Waals surface area (Å²) in [5, 5.41) is 14.2. The highest BCUT2D eigenvalue weighted by Crippen LogP contribution is 2.29. The van der Waals surface area contributed by atoms with E-state index in [2.05, 4.69) is 37.7 Å². The van der Waals surface area contributed by atoms with Crippen LogP contribution >= 0.6 is 0 Å². The van der Waals surface area contributed by atoms with Crippen molar-refractivity contribution in [1.82, 2.24) is 20.6 Å². The van der Waals surface area contributed by atoms with Gasteiger partial charge >= 0.3 is 0 Å². The van der Waals surface area contributed by atoms with Gasteiger partial charge in [-0.25, -0.2) is 0 Å². The first-order valence-corrected chi connectivity index (χ1v) is 5.53. The Morgan fingerprint density at radius 2 is 1.94 bits per heavy atom. The van der Waals surface area contributed by atoms with Crippen LogP contribution in [-0.2, 0) is 0 Å². The molecule has 5 heteroatoms. The highest BCUT2D eigenvalue weighted by molar-refractivity contribution is 5.74. The van der Waals surface area contributed by atoms with Gasteiger partial charge in [-0.3, -0.25) is 0 Å². The first-order chi connectivity index (χ1) is 7.95. The number of aromatic amines is 1. The van der Waals surface area contributed by atoms with Gasteiger partial charge in [0.15, 0.2) is 0 Å². The fraction of sp³-hybridized carbons (Fsp3) is 0.364. The van der Waals surface area contributed by atoms with Crippen molar-refractivity contribution in [3.05, 3.63) is 24.3 Å². The highest BCUT2D eigenvalue weighted by Gasteiger charge is 2.17. The normalized spacial score (nSPS) is 15.6. The van der Waals surface area contributed by atoms with Gasteiger partial charge in [-0.2, -0.15) is 5.21 Å². The molecule has 1 aromatic carbocycles. The van der Waals surface area contributed by atoms with Crippen molar-refractivity contribution >= 4 is 5.69 Å². The predicted octanol–water partition coefficient (Wildman–Crippen LogP) is 1.47. The summed E-state index contributed by atoms with van der Waals surface area (Å²) in [7, 11) is 0. The van der Waals surface area contributed by atoms with Crippen LogP contribution < -0.4 is 4.90 Å². The summed E-state index contributed by atoms with van der Waals surface area (Å²) in [6, 6.07) is 8.22. The third kappa shape index (κ3) is 1.54. The van der Waals surface area contributed by atoms with E-state index >= 15 is 0 Å². The van der Waals surface area contributed by atoms with Crippen molar-refractivity contribution in [3.8, 4) is 11.4 Å². The molecule has 1 aliphatic heterocycles. The molecule has 1 N–H and O–H groups in total. The second-order valence-electron chi connectivity index (χ2n) is 3.95. The number of tetrazole rings is 1. The van der Waals surface area contributed by atoms with Crippen LogP contribution in [0.15, 0.2) is 24.3 Å². The van der Waals surface area contributed by atoms with Gasteiger partial charge in [-0.05, 0) is 30.2 Å². The summed E-state index contributed by atoms with van der Waals surface area (Å²) in [5.74, 6) is 0.669. The zero-order chi connectivity index (χ0) is 10.8. The number of hydrogen-bond donors (Lipinski definition) is 1. The number of anilines is 1. The summed E-state index contributed by atoms with van der Waals surface area (Å²) in [6.45, 7) is 2.24. The van der Waals surface area contributed by atoms with Crippen LogP contribution in [0.5, 0.6) is 0 Å². The van der Waals surface area contributed by atoms with E-state index in [9.17, 15) is 0 Å². The molecule has 5 nitrogen and oxygen atoms in total. The molecule has 1 fully saturated rings. The third-order valence-electron chi connectivity index (χ3n) is 2.94. The quantitative estimate of drug-likeness (QED) is 0.824. The predicted molar refractivity (Wildman–Crippen MR) is 61.1 cm³/mol. The molecule has 2 heterocycles. The highest BCUT2D eigenvalue weighted by atomic mass is 15.5. The molecule has 2 aromatic rings. The lowest BCUT2D eigenvalue weighted by molar-refractivity contribution is 0.881. The van der Waals surface area contributed by atoms with E-state index in [1.165, 1.54) is 18.5 Å². The lowest BCUT2D eigenvalue weighted by atomic mass is 10.1. The molecule has 1 aromatic heterocycles. The van der Waals surface area contributed by atoms with Crippen molar-refractivity contribution in [2.45, 2.75) is 12.8 Å². The zero-order valence-corrected chi connectivity index (χ0v) is 8.93. The monoisotopic (exact) mass is 215 g/mol. The van der Waals surface area contributed by atoms with Gasteiger partial charge in [-0.1, -0.05) is 12.1 Å². The molecule has 82 valence electrons. The Morgan fingerprint density at radius 3 is 2.69 bits per heavy atom. The molecule has 0 bridgehead atoms. The number of benzene rings is 1. The first-order valence-electron chi connectivity index (χ1n) is 5.53. The lowest BCUT2D eigenvalue weighted by Gasteiger charge is -2.19. The smallest absolute Gasteiger partial charge is 0.206 e. The summed E-state index contributed by atoms with van der Waals surface area (Å²) >= 11 is 0. The van der Waals surface area contributed by atoms with E-state index < -0.39 is 0 Å². The van der Waals surface area contributed by atoms with Gasteiger partial charge in [0.05, 0.1) is 0 Å². The van der Waals surface area contributed by atoms with Gasteiger partial charge < -0.3 is 4.90 Å². The number of H-pyrrole nitrogens is 1. The van der Waals surface area contributed by atoms with E-state index in [0.717, 1.165) is 18.7 Å². The number of hydrogen-bond acceptors (Lipinski definition) is 4. The topological polar surface area (TPSA) is 57.7 Å². The maximum atomic E-state index is 4.04. The van der Waals surface area contributed by atoms with E-state index in [-0.39, 0.29) is 0 Å². The Kier molecular flexibility index (Phi) is 2.29. The van der Waals surface area contributed by atoms with E-state index in [1.807, 2.05) is 12.1 Å². The number of nitrogens with zero attached hydrogens (tertiary/aromatic N) is 4. The summed E-state index contributed by atoms with van der Waals surface area (Å²) in [6.07, 6.45) is 2.53. The van der Waals surface area contributed by atoms with Gasteiger partial charge in [0, 0.05) is 24.3 Å². The molecule has 0 amide bonds. The summed E-state index contributed by atoms with van der Waals surface area (Å²) in [4.78, 5) is 2.38. The van der Waals surface area contributed by atoms with Crippen LogP contribution in [0.25, 0.3) is 11.4 Å². The molecule has 0 aliphatic carbocycles. The van der Waals surface area contributed by atoms with Gasteiger partial charge in [0.25, 0.3) is 0 Å². The molecule has 0 unspecified atom stereocenters. The molecule has 0 spiro atoms. The SMILES string of the molecule is c1ccc(N2CCCC2)c(-c2nn[nH]n2)c1. The maximum absolute atomic E-state index is 4.04. The van der Waals surface area contributed by atoms with E-state index in [4.69, 9.17) is 0 Å². The van der Waals surface area contributed by atoms with Crippen LogP contribution in [0.4, 0.5) is 5.69 Å². The van der Waals surface area contributed by atoms with Crippen molar-refractivity contribution in [3.63, 3.8) is 0 Å². The molecule has 16 heavy (non-hydrogen) atoms. The first kappa shape index (κ1) is 9.33. The molecule has 0 radical (unpaired) electrons. The number of aromatic nitrogens is 4. The number of nitrogens with one attached hydrogen (secondary N) is 1. The Labute approximate surface area is 93.5 Å². The van der Waals surface area contributed by atoms with Gasteiger partial charge in [0.2, 0.25) is 5.82 Å². The Hall–Kier alpha value is -1.91. The minimum Gasteiger partial charge on any atom is -0.371 e. The number of rotatable bonds is 2. The summed E-state index contributed by atoms with van der Waals surface area (Å²) < 4.78 is 0. The van der Waals surface area contributed by atoms with Crippen molar-refractivity contribution in [2.24, 2.45) is 0 Å². The van der Waals surface area contributed by atoms with Crippen LogP contribution in [0.3, 0.4) is 0 Å². The van der Waals surface area contributed by atoms with Crippen LogP contribution in [0.2, 0.25) is 0 Å². The molecule has 3 rings (SSSR count). The van der Waals surface area contributed by atoms with E-state index in [1.54, 1.807) is 0 Å². The van der Waals surface area contributed by atoms with Gasteiger partial charge in [-0.15, -0.1) is 10.2 Å². The number of para-hydroxylation sites is 1. The molecule has 0 saturated carbocycles. The maximum Gasteiger partial charge on any atom is 0.206 e. The minimum absolute atomic E-state index is 0.669. The molecule has 0 atom stereocenters. The molecular formula is C11H13N5. The minimum atomic E-state index is 0.669. The molecule has 1 saturated heterocycles. The van der Waals surface area contributed by atoms with Crippen LogP contribution in [0, 0.1) is 0 Å². The molecular weight excluding hydrogens is 202 g/mol. The van der Waals surface area contributed by atoms with Crippen molar-refractivity contribution in [1.29, 1.82) is 0 Å². The van der Waals surface area contributed by atoms with Crippen LogP contribution in [-0.4, -0.2) is 33.7 Å². The van der Waals surface area contributed by atoms with Crippen molar-refractivity contribution < 1.29 is 0 Å². The lowest BCUT2D eigenvalue weighted by Crippen LogP contribution is -2.18. The van der Waals surface area contributed by atoms with E-state index in [0.29, 0.717) is 5.82 Å². The average molecular weight is 215 g/mol. The largest absolute Gasteiger partial charge is 0.371 e. The Balaban J connectivity index is 2.04. The van der Waals surface area contributed by atoms with Crippen molar-refractivity contribution in [2.75, 3.05) is 18.0 Å². The molecule has 1 aliphatic rings. The Bertz CT molecular complexity index is 459. The fourth-order valence-electron chi connectivity index (χ4n) is 2.17. The average Bonchev–Trinajstić information content (AvgIpc) is 3.03. The zero-order valence-electron chi connectivity index (χ0n) is 8.93. The second kappa shape index (κ2) is 3.92. The second-order valence-corrected chi connectivity index (χ2v) is 3.95. The van der Waals surface area contributed by atoms with Crippen LogP contribution in [0.1, 0.15) is 12.8 Å².